The van der Waals surface area contributed by atoms with Crippen molar-refractivity contribution >= 4 is 5.91 Å². The molecule has 0 bridgehead atoms. The van der Waals surface area contributed by atoms with Gasteiger partial charge in [0.2, 0.25) is 5.43 Å². The number of rotatable bonds is 4. The van der Waals surface area contributed by atoms with Crippen molar-refractivity contribution in [3.8, 4) is 5.69 Å². The Morgan fingerprint density at radius 1 is 1.06 bits per heavy atom. The zero-order chi connectivity index (χ0) is 23.3. The number of fused-ring (bicyclic) bond motifs is 1. The van der Waals surface area contributed by atoms with E-state index < -0.39 is 23.1 Å². The van der Waals surface area contributed by atoms with E-state index in [0.717, 1.165) is 43.4 Å². The SMILES string of the molecule is Cc1cc(=O)c(C(=O)N(C2CC2)C2CCc3ccccc32)nn1-c1cccc(C(F)(F)F)c1. The second kappa shape index (κ2) is 7.86. The minimum absolute atomic E-state index is 0.0400. The van der Waals surface area contributed by atoms with Gasteiger partial charge in [0, 0.05) is 17.8 Å². The number of nitrogens with zero attached hydrogens (tertiary/aromatic N) is 3. The summed E-state index contributed by atoms with van der Waals surface area (Å²) in [5, 5.41) is 4.27. The fourth-order valence-corrected chi connectivity index (χ4v) is 4.63. The highest BCUT2D eigenvalue weighted by molar-refractivity contribution is 5.93. The molecule has 8 heteroatoms. The van der Waals surface area contributed by atoms with Crippen molar-refractivity contribution in [2.75, 3.05) is 0 Å². The van der Waals surface area contributed by atoms with Gasteiger partial charge >= 0.3 is 6.18 Å². The molecule has 5 nitrogen and oxygen atoms in total. The summed E-state index contributed by atoms with van der Waals surface area (Å²) in [7, 11) is 0. The van der Waals surface area contributed by atoms with E-state index in [1.54, 1.807) is 11.8 Å². The molecule has 0 N–H and O–H groups in total. The van der Waals surface area contributed by atoms with Gasteiger partial charge in [-0.2, -0.15) is 18.3 Å². The summed E-state index contributed by atoms with van der Waals surface area (Å²) in [6.07, 6.45) is -1.17. The largest absolute Gasteiger partial charge is 0.416 e. The number of amides is 1. The molecule has 5 rings (SSSR count). The van der Waals surface area contributed by atoms with Gasteiger partial charge in [-0.3, -0.25) is 9.59 Å². The molecule has 1 atom stereocenters. The van der Waals surface area contributed by atoms with Gasteiger partial charge < -0.3 is 4.90 Å². The number of carbonyl (C=O) groups excluding carboxylic acids is 1. The topological polar surface area (TPSA) is 55.2 Å². The normalized spacial score (nSPS) is 17.6. The van der Waals surface area contributed by atoms with E-state index in [2.05, 4.69) is 11.2 Å². The molecular weight excluding hydrogens is 431 g/mol. The molecule has 2 aromatic carbocycles. The van der Waals surface area contributed by atoms with Gasteiger partial charge in [0.05, 0.1) is 17.3 Å². The first-order chi connectivity index (χ1) is 15.7. The number of hydrogen-bond donors (Lipinski definition) is 0. The Bertz CT molecular complexity index is 1290. The summed E-state index contributed by atoms with van der Waals surface area (Å²) < 4.78 is 40.9. The Morgan fingerprint density at radius 2 is 1.82 bits per heavy atom. The molecule has 2 aliphatic rings. The molecule has 3 aromatic rings. The number of aromatic nitrogens is 2. The van der Waals surface area contributed by atoms with Crippen LogP contribution in [0.4, 0.5) is 13.2 Å². The first-order valence-electron chi connectivity index (χ1n) is 10.9. The number of alkyl halides is 3. The molecule has 0 aliphatic heterocycles. The third-order valence-corrected chi connectivity index (χ3v) is 6.34. The number of halogens is 3. The monoisotopic (exact) mass is 453 g/mol. The molecule has 1 heterocycles. The van der Waals surface area contributed by atoms with Crippen LogP contribution in [0.1, 0.15) is 58.2 Å². The van der Waals surface area contributed by atoms with Crippen molar-refractivity contribution in [2.45, 2.75) is 50.9 Å². The van der Waals surface area contributed by atoms with Crippen molar-refractivity contribution < 1.29 is 18.0 Å². The van der Waals surface area contributed by atoms with Crippen molar-refractivity contribution in [3.63, 3.8) is 0 Å². The maximum atomic E-state index is 13.6. The quantitative estimate of drug-likeness (QED) is 0.568. The average Bonchev–Trinajstić information content (AvgIpc) is 3.53. The summed E-state index contributed by atoms with van der Waals surface area (Å²) in [6.45, 7) is 1.58. The van der Waals surface area contributed by atoms with Crippen LogP contribution in [0.2, 0.25) is 0 Å². The van der Waals surface area contributed by atoms with E-state index >= 15 is 0 Å². The smallest absolute Gasteiger partial charge is 0.327 e. The molecule has 1 fully saturated rings. The molecule has 0 radical (unpaired) electrons. The summed E-state index contributed by atoms with van der Waals surface area (Å²) in [4.78, 5) is 28.2. The lowest BCUT2D eigenvalue weighted by molar-refractivity contribution is -0.137. The zero-order valence-corrected chi connectivity index (χ0v) is 18.0. The third kappa shape index (κ3) is 3.94. The minimum Gasteiger partial charge on any atom is -0.327 e. The summed E-state index contributed by atoms with van der Waals surface area (Å²) in [5.41, 5.74) is 1.14. The van der Waals surface area contributed by atoms with Crippen LogP contribution in [0.25, 0.3) is 5.69 Å². The molecule has 33 heavy (non-hydrogen) atoms. The molecule has 1 aromatic heterocycles. The average molecular weight is 453 g/mol. The van der Waals surface area contributed by atoms with E-state index in [1.807, 2.05) is 18.2 Å². The molecule has 2 aliphatic carbocycles. The maximum absolute atomic E-state index is 13.6. The Morgan fingerprint density at radius 3 is 2.55 bits per heavy atom. The lowest BCUT2D eigenvalue weighted by Gasteiger charge is -2.29. The van der Waals surface area contributed by atoms with Gasteiger partial charge in [0.15, 0.2) is 5.69 Å². The second-order valence-electron chi connectivity index (χ2n) is 8.66. The van der Waals surface area contributed by atoms with Gasteiger partial charge in [-0.25, -0.2) is 4.68 Å². The van der Waals surface area contributed by atoms with E-state index in [1.165, 1.54) is 28.4 Å². The van der Waals surface area contributed by atoms with Crippen molar-refractivity contribution in [2.24, 2.45) is 0 Å². The van der Waals surface area contributed by atoms with Crippen LogP contribution in [-0.2, 0) is 12.6 Å². The first-order valence-corrected chi connectivity index (χ1v) is 10.9. The summed E-state index contributed by atoms with van der Waals surface area (Å²) >= 11 is 0. The van der Waals surface area contributed by atoms with Crippen LogP contribution in [0.5, 0.6) is 0 Å². The number of aryl methyl sites for hydroxylation is 2. The molecule has 0 saturated heterocycles. The lowest BCUT2D eigenvalue weighted by Crippen LogP contribution is -2.39. The number of benzene rings is 2. The Hall–Kier alpha value is -3.42. The lowest BCUT2D eigenvalue weighted by atomic mass is 10.1. The predicted octanol–water partition coefficient (Wildman–Crippen LogP) is 4.85. The van der Waals surface area contributed by atoms with E-state index in [0.29, 0.717) is 5.69 Å². The zero-order valence-electron chi connectivity index (χ0n) is 18.0. The van der Waals surface area contributed by atoms with Crippen LogP contribution in [0.15, 0.2) is 59.4 Å². The number of hydrogen-bond acceptors (Lipinski definition) is 3. The van der Waals surface area contributed by atoms with Crippen LogP contribution in [-0.4, -0.2) is 26.6 Å². The van der Waals surface area contributed by atoms with Crippen LogP contribution in [0.3, 0.4) is 0 Å². The fourth-order valence-electron chi connectivity index (χ4n) is 4.63. The molecule has 1 unspecified atom stereocenters. The Labute approximate surface area is 188 Å². The second-order valence-corrected chi connectivity index (χ2v) is 8.66. The summed E-state index contributed by atoms with van der Waals surface area (Å²) in [5.74, 6) is -0.468. The minimum atomic E-state index is -4.51. The van der Waals surface area contributed by atoms with E-state index in [-0.39, 0.29) is 23.5 Å². The van der Waals surface area contributed by atoms with Gasteiger partial charge in [0.25, 0.3) is 5.91 Å². The van der Waals surface area contributed by atoms with Crippen LogP contribution in [0, 0.1) is 6.92 Å². The van der Waals surface area contributed by atoms with Crippen LogP contribution >= 0.6 is 0 Å². The highest BCUT2D eigenvalue weighted by atomic mass is 19.4. The molecule has 1 saturated carbocycles. The van der Waals surface area contributed by atoms with Crippen molar-refractivity contribution in [1.82, 2.24) is 14.7 Å². The standard InChI is InChI=1S/C25H22F3N3O2/c1-15-13-22(32)23(29-31(15)19-7-4-6-17(14-19)25(26,27)28)24(33)30(18-10-11-18)21-12-9-16-5-2-3-8-20(16)21/h2-8,13-14,18,21H,9-12H2,1H3. The van der Waals surface area contributed by atoms with Gasteiger partial charge in [0.1, 0.15) is 0 Å². The van der Waals surface area contributed by atoms with Crippen LogP contribution < -0.4 is 5.43 Å². The highest BCUT2D eigenvalue weighted by Crippen LogP contribution is 2.42. The highest BCUT2D eigenvalue weighted by Gasteiger charge is 2.42. The van der Waals surface area contributed by atoms with Gasteiger partial charge in [-0.1, -0.05) is 30.3 Å². The first kappa shape index (κ1) is 21.4. The number of carbonyl (C=O) groups is 1. The maximum Gasteiger partial charge on any atom is 0.416 e. The fraction of sp³-hybridized carbons (Fsp3) is 0.320. The summed E-state index contributed by atoms with van der Waals surface area (Å²) in [6, 6.07) is 13.8. The van der Waals surface area contributed by atoms with E-state index in [9.17, 15) is 22.8 Å². The molecule has 170 valence electrons. The molecular formula is C25H22F3N3O2. The van der Waals surface area contributed by atoms with Crippen molar-refractivity contribution in [1.29, 1.82) is 0 Å². The predicted molar refractivity (Wildman–Crippen MR) is 116 cm³/mol. The Kier molecular flexibility index (Phi) is 5.11. The molecule has 0 spiro atoms. The van der Waals surface area contributed by atoms with Gasteiger partial charge in [-0.05, 0) is 61.9 Å². The van der Waals surface area contributed by atoms with Crippen molar-refractivity contribution in [3.05, 3.63) is 92.9 Å². The Balaban J connectivity index is 1.56. The molecule has 1 amide bonds. The third-order valence-electron chi connectivity index (χ3n) is 6.34. The van der Waals surface area contributed by atoms with Gasteiger partial charge in [-0.15, -0.1) is 0 Å². The van der Waals surface area contributed by atoms with E-state index in [4.69, 9.17) is 0 Å².